The summed E-state index contributed by atoms with van der Waals surface area (Å²) >= 11 is 0. The Hall–Kier alpha value is -3.94. The van der Waals surface area contributed by atoms with Crippen LogP contribution in [0.3, 0.4) is 0 Å². The molecule has 0 spiro atoms. The predicted octanol–water partition coefficient (Wildman–Crippen LogP) is 3.13. The first-order chi connectivity index (χ1) is 16.0. The molecule has 33 heavy (non-hydrogen) atoms. The second kappa shape index (κ2) is 9.68. The van der Waals surface area contributed by atoms with E-state index >= 15 is 0 Å². The monoisotopic (exact) mass is 445 g/mol. The van der Waals surface area contributed by atoms with Gasteiger partial charge in [0.25, 0.3) is 5.56 Å². The molecule has 2 heterocycles. The van der Waals surface area contributed by atoms with Gasteiger partial charge in [-0.15, -0.1) is 0 Å². The molecule has 8 nitrogen and oxygen atoms in total. The van der Waals surface area contributed by atoms with E-state index in [-0.39, 0.29) is 17.9 Å². The number of nitrogens with zero attached hydrogens (tertiary/aromatic N) is 4. The molecule has 1 N–H and O–H groups in total. The lowest BCUT2D eigenvalue weighted by atomic mass is 10.1. The zero-order valence-corrected chi connectivity index (χ0v) is 19.0. The van der Waals surface area contributed by atoms with Gasteiger partial charge in [-0.05, 0) is 42.7 Å². The smallest absolute Gasteiger partial charge is 0.261 e. The molecule has 0 unspecified atom stereocenters. The van der Waals surface area contributed by atoms with E-state index < -0.39 is 6.04 Å². The summed E-state index contributed by atoms with van der Waals surface area (Å²) in [6, 6.07) is 12.7. The maximum atomic E-state index is 12.8. The molecular formula is C25H27N5O3. The lowest BCUT2D eigenvalue weighted by Crippen LogP contribution is -2.31. The van der Waals surface area contributed by atoms with E-state index in [0.717, 1.165) is 22.7 Å². The van der Waals surface area contributed by atoms with E-state index in [2.05, 4.69) is 15.3 Å². The zero-order valence-electron chi connectivity index (χ0n) is 19.0. The number of hydrogen-bond donors (Lipinski definition) is 1. The minimum atomic E-state index is -0.392. The number of carbonyl (C=O) groups is 1. The Morgan fingerprint density at radius 2 is 1.94 bits per heavy atom. The Bertz CT molecular complexity index is 1320. The van der Waals surface area contributed by atoms with Crippen molar-refractivity contribution < 1.29 is 9.53 Å². The fourth-order valence-electron chi connectivity index (χ4n) is 3.89. The topological polar surface area (TPSA) is 91.0 Å². The number of hydrogen-bond acceptors (Lipinski definition) is 5. The molecule has 0 aliphatic heterocycles. The Kier molecular flexibility index (Phi) is 6.53. The van der Waals surface area contributed by atoms with Crippen LogP contribution in [-0.4, -0.2) is 32.1 Å². The molecule has 0 fully saturated rings. The van der Waals surface area contributed by atoms with Gasteiger partial charge in [0.1, 0.15) is 17.6 Å². The maximum absolute atomic E-state index is 12.8. The maximum Gasteiger partial charge on any atom is 0.261 e. The highest BCUT2D eigenvalue weighted by molar-refractivity contribution is 5.80. The van der Waals surface area contributed by atoms with Crippen molar-refractivity contribution in [1.82, 2.24) is 24.4 Å². The molecule has 0 radical (unpaired) electrons. The molecule has 0 saturated carbocycles. The minimum absolute atomic E-state index is 0.0896. The van der Waals surface area contributed by atoms with Crippen LogP contribution in [-0.2, 0) is 18.4 Å². The van der Waals surface area contributed by atoms with Crippen LogP contribution in [0.5, 0.6) is 5.75 Å². The van der Waals surface area contributed by atoms with Crippen LogP contribution >= 0.6 is 0 Å². The minimum Gasteiger partial charge on any atom is -0.497 e. The number of fused-ring (bicyclic) bond motifs is 1. The zero-order chi connectivity index (χ0) is 23.4. The summed E-state index contributed by atoms with van der Waals surface area (Å²) in [5, 5.41) is 3.68. The Labute approximate surface area is 191 Å². The molecule has 1 amide bonds. The number of para-hydroxylation sites is 1. The van der Waals surface area contributed by atoms with Crippen molar-refractivity contribution >= 4 is 16.8 Å². The fourth-order valence-corrected chi connectivity index (χ4v) is 3.89. The number of aryl methyl sites for hydroxylation is 3. The van der Waals surface area contributed by atoms with E-state index in [1.165, 1.54) is 0 Å². The summed E-state index contributed by atoms with van der Waals surface area (Å²) in [4.78, 5) is 34.4. The number of benzene rings is 2. The van der Waals surface area contributed by atoms with Crippen molar-refractivity contribution in [2.24, 2.45) is 7.05 Å². The number of ether oxygens (including phenoxy) is 1. The number of rotatable bonds is 8. The molecule has 1 atom stereocenters. The highest BCUT2D eigenvalue weighted by atomic mass is 16.5. The number of imidazole rings is 1. The van der Waals surface area contributed by atoms with Gasteiger partial charge in [0.05, 0.1) is 24.3 Å². The molecule has 170 valence electrons. The average molecular weight is 446 g/mol. The quantitative estimate of drug-likeness (QED) is 0.450. The first kappa shape index (κ1) is 22.3. The van der Waals surface area contributed by atoms with Crippen molar-refractivity contribution in [3.05, 3.63) is 88.5 Å². The molecule has 8 heteroatoms. The van der Waals surface area contributed by atoms with Crippen molar-refractivity contribution in [3.8, 4) is 5.75 Å². The first-order valence-electron chi connectivity index (χ1n) is 10.8. The predicted molar refractivity (Wildman–Crippen MR) is 126 cm³/mol. The molecule has 0 aliphatic carbocycles. The third kappa shape index (κ3) is 4.79. The number of amides is 1. The molecule has 0 bridgehead atoms. The van der Waals surface area contributed by atoms with E-state index in [1.807, 2.05) is 61.1 Å². The van der Waals surface area contributed by atoms with Crippen LogP contribution in [0, 0.1) is 6.92 Å². The molecular weight excluding hydrogens is 418 g/mol. The van der Waals surface area contributed by atoms with Gasteiger partial charge >= 0.3 is 0 Å². The van der Waals surface area contributed by atoms with Crippen LogP contribution in [0.25, 0.3) is 10.9 Å². The lowest BCUT2D eigenvalue weighted by Gasteiger charge is -2.19. The van der Waals surface area contributed by atoms with Gasteiger partial charge in [-0.1, -0.05) is 24.3 Å². The summed E-state index contributed by atoms with van der Waals surface area (Å²) in [7, 11) is 3.51. The molecule has 2 aromatic heterocycles. The van der Waals surface area contributed by atoms with Crippen LogP contribution < -0.4 is 15.6 Å². The SMILES string of the molecule is COc1ccc([C@H](NC(=O)CCCn2cnc3c(C)cccc3c2=O)c2nccn2C)cc1. The van der Waals surface area contributed by atoms with Gasteiger partial charge in [-0.2, -0.15) is 0 Å². The number of aromatic nitrogens is 4. The molecule has 0 saturated heterocycles. The third-order valence-electron chi connectivity index (χ3n) is 5.73. The summed E-state index contributed by atoms with van der Waals surface area (Å²) in [5.41, 5.74) is 2.50. The van der Waals surface area contributed by atoms with Crippen LogP contribution in [0.1, 0.15) is 35.8 Å². The Balaban J connectivity index is 1.45. The van der Waals surface area contributed by atoms with Gasteiger partial charge in [0, 0.05) is 32.4 Å². The second-order valence-corrected chi connectivity index (χ2v) is 7.99. The second-order valence-electron chi connectivity index (χ2n) is 7.99. The largest absolute Gasteiger partial charge is 0.497 e. The lowest BCUT2D eigenvalue weighted by molar-refractivity contribution is -0.121. The Morgan fingerprint density at radius 1 is 1.15 bits per heavy atom. The van der Waals surface area contributed by atoms with E-state index in [1.54, 1.807) is 30.3 Å². The van der Waals surface area contributed by atoms with Crippen molar-refractivity contribution in [2.75, 3.05) is 7.11 Å². The summed E-state index contributed by atoms with van der Waals surface area (Å²) in [5.74, 6) is 1.36. The van der Waals surface area contributed by atoms with Gasteiger partial charge in [-0.25, -0.2) is 9.97 Å². The van der Waals surface area contributed by atoms with Gasteiger partial charge < -0.3 is 14.6 Å². The van der Waals surface area contributed by atoms with E-state index in [0.29, 0.717) is 23.9 Å². The van der Waals surface area contributed by atoms with Crippen LogP contribution in [0.15, 0.2) is 66.0 Å². The van der Waals surface area contributed by atoms with Crippen molar-refractivity contribution in [1.29, 1.82) is 0 Å². The number of carbonyl (C=O) groups excluding carboxylic acids is 1. The average Bonchev–Trinajstić information content (AvgIpc) is 3.25. The number of methoxy groups -OCH3 is 1. The molecule has 4 aromatic rings. The highest BCUT2D eigenvalue weighted by Crippen LogP contribution is 2.23. The standard InChI is InChI=1S/C25H27N5O3/c1-17-6-4-7-20-22(17)27-16-30(25(20)32)14-5-8-21(31)28-23(24-26-13-15-29(24)2)18-9-11-19(33-3)12-10-18/h4,6-7,9-13,15-16,23H,5,8,14H2,1-3H3,(H,28,31)/t23-/m0/s1. The highest BCUT2D eigenvalue weighted by Gasteiger charge is 2.20. The van der Waals surface area contributed by atoms with Crippen molar-refractivity contribution in [2.45, 2.75) is 32.4 Å². The fraction of sp³-hybridized carbons (Fsp3) is 0.280. The molecule has 0 aliphatic rings. The van der Waals surface area contributed by atoms with Gasteiger partial charge in [-0.3, -0.25) is 14.2 Å². The molecule has 2 aromatic carbocycles. The van der Waals surface area contributed by atoms with E-state index in [9.17, 15) is 9.59 Å². The van der Waals surface area contributed by atoms with Gasteiger partial charge in [0.2, 0.25) is 5.91 Å². The summed E-state index contributed by atoms with van der Waals surface area (Å²) in [6.45, 7) is 2.35. The van der Waals surface area contributed by atoms with Crippen LogP contribution in [0.4, 0.5) is 0 Å². The summed E-state index contributed by atoms with van der Waals surface area (Å²) < 4.78 is 8.69. The molecule has 4 rings (SSSR count). The number of nitrogens with one attached hydrogen (secondary N) is 1. The van der Waals surface area contributed by atoms with Crippen LogP contribution in [0.2, 0.25) is 0 Å². The van der Waals surface area contributed by atoms with E-state index in [4.69, 9.17) is 4.74 Å². The third-order valence-corrected chi connectivity index (χ3v) is 5.73. The Morgan fingerprint density at radius 3 is 2.64 bits per heavy atom. The van der Waals surface area contributed by atoms with Crippen molar-refractivity contribution in [3.63, 3.8) is 0 Å². The van der Waals surface area contributed by atoms with Gasteiger partial charge in [0.15, 0.2) is 0 Å². The summed E-state index contributed by atoms with van der Waals surface area (Å²) in [6.07, 6.45) is 5.90. The first-order valence-corrected chi connectivity index (χ1v) is 10.8. The normalized spacial score (nSPS) is 12.0.